The molecular formula is C14H18ClNO2. The molecule has 3 nitrogen and oxygen atoms in total. The highest BCUT2D eigenvalue weighted by Gasteiger charge is 2.23. The van der Waals surface area contributed by atoms with Crippen molar-refractivity contribution >= 4 is 23.3 Å². The van der Waals surface area contributed by atoms with Gasteiger partial charge in [0.1, 0.15) is 0 Å². The van der Waals surface area contributed by atoms with E-state index in [4.69, 9.17) is 16.7 Å². The quantitative estimate of drug-likeness (QED) is 0.866. The van der Waals surface area contributed by atoms with Crippen molar-refractivity contribution in [3.63, 3.8) is 0 Å². The van der Waals surface area contributed by atoms with Crippen LogP contribution < -0.4 is 5.32 Å². The Morgan fingerprint density at radius 2 is 2.28 bits per heavy atom. The van der Waals surface area contributed by atoms with Gasteiger partial charge in [-0.1, -0.05) is 24.9 Å². The van der Waals surface area contributed by atoms with E-state index in [9.17, 15) is 4.79 Å². The van der Waals surface area contributed by atoms with Crippen molar-refractivity contribution in [2.75, 3.05) is 5.32 Å². The summed E-state index contributed by atoms with van der Waals surface area (Å²) in [5.74, 6) is -0.185. The van der Waals surface area contributed by atoms with Crippen LogP contribution in [0.2, 0.25) is 5.02 Å². The maximum absolute atomic E-state index is 11.0. The van der Waals surface area contributed by atoms with Gasteiger partial charge in [0, 0.05) is 11.7 Å². The Morgan fingerprint density at radius 3 is 2.89 bits per heavy atom. The van der Waals surface area contributed by atoms with E-state index in [-0.39, 0.29) is 10.6 Å². The second kappa shape index (κ2) is 5.61. The molecule has 18 heavy (non-hydrogen) atoms. The molecule has 0 amide bonds. The van der Waals surface area contributed by atoms with Gasteiger partial charge in [0.2, 0.25) is 0 Å². The second-order valence-corrected chi connectivity index (χ2v) is 5.34. The zero-order valence-electron chi connectivity index (χ0n) is 10.4. The number of aromatic carboxylic acids is 1. The van der Waals surface area contributed by atoms with Gasteiger partial charge in [-0.15, -0.1) is 0 Å². The first-order valence-corrected chi connectivity index (χ1v) is 6.77. The van der Waals surface area contributed by atoms with Crippen LogP contribution in [-0.2, 0) is 0 Å². The Balaban J connectivity index is 2.06. The van der Waals surface area contributed by atoms with E-state index < -0.39 is 5.97 Å². The molecule has 2 unspecified atom stereocenters. The first-order chi connectivity index (χ1) is 8.60. The van der Waals surface area contributed by atoms with Crippen LogP contribution in [0.3, 0.4) is 0 Å². The van der Waals surface area contributed by atoms with Crippen molar-refractivity contribution in [3.05, 3.63) is 28.8 Å². The lowest BCUT2D eigenvalue weighted by Gasteiger charge is -2.15. The van der Waals surface area contributed by atoms with E-state index in [0.29, 0.717) is 6.04 Å². The number of hydrogen-bond donors (Lipinski definition) is 2. The summed E-state index contributed by atoms with van der Waals surface area (Å²) in [4.78, 5) is 11.0. The predicted molar refractivity (Wildman–Crippen MR) is 73.5 cm³/mol. The number of hydrogen-bond acceptors (Lipinski definition) is 2. The van der Waals surface area contributed by atoms with Crippen molar-refractivity contribution < 1.29 is 9.90 Å². The minimum Gasteiger partial charge on any atom is -0.478 e. The molecule has 98 valence electrons. The Labute approximate surface area is 112 Å². The third-order valence-corrected chi connectivity index (χ3v) is 4.02. The van der Waals surface area contributed by atoms with E-state index in [2.05, 4.69) is 12.2 Å². The van der Waals surface area contributed by atoms with Crippen LogP contribution in [0.1, 0.15) is 43.0 Å². The lowest BCUT2D eigenvalue weighted by molar-refractivity contribution is 0.0697. The number of rotatable bonds is 4. The van der Waals surface area contributed by atoms with Crippen molar-refractivity contribution in [1.82, 2.24) is 0 Å². The first-order valence-electron chi connectivity index (χ1n) is 6.39. The average Bonchev–Trinajstić information content (AvgIpc) is 2.79. The maximum atomic E-state index is 11.0. The van der Waals surface area contributed by atoms with Crippen LogP contribution in [-0.4, -0.2) is 17.1 Å². The molecule has 0 aliphatic heterocycles. The summed E-state index contributed by atoms with van der Waals surface area (Å²) < 4.78 is 0. The smallest absolute Gasteiger partial charge is 0.337 e. The number of benzene rings is 1. The number of carboxylic acids is 1. The Hall–Kier alpha value is -1.22. The van der Waals surface area contributed by atoms with Crippen LogP contribution in [0.25, 0.3) is 0 Å². The van der Waals surface area contributed by atoms with Gasteiger partial charge in [0.25, 0.3) is 0 Å². The molecule has 0 radical (unpaired) electrons. The summed E-state index contributed by atoms with van der Waals surface area (Å²) in [6.07, 6.45) is 4.80. The summed E-state index contributed by atoms with van der Waals surface area (Å²) in [6, 6.07) is 5.55. The molecule has 0 saturated heterocycles. The standard InChI is InChI=1S/C14H18ClNO2/c1-2-9-3-4-10(7-9)16-11-5-6-13(15)12(8-11)14(17)18/h5-6,8-10,16H,2-4,7H2,1H3,(H,17,18). The molecule has 1 aromatic carbocycles. The molecule has 2 rings (SSSR count). The van der Waals surface area contributed by atoms with Gasteiger partial charge in [-0.2, -0.15) is 0 Å². The minimum absolute atomic E-state index is 0.159. The SMILES string of the molecule is CCC1CCC(Nc2ccc(Cl)c(C(=O)O)c2)C1. The summed E-state index contributed by atoms with van der Waals surface area (Å²) in [5.41, 5.74) is 1.00. The number of anilines is 1. The third-order valence-electron chi connectivity index (χ3n) is 3.69. The van der Waals surface area contributed by atoms with Gasteiger partial charge in [-0.05, 0) is 43.4 Å². The van der Waals surface area contributed by atoms with Gasteiger partial charge in [-0.25, -0.2) is 4.79 Å². The molecule has 0 aromatic heterocycles. The molecule has 0 bridgehead atoms. The van der Waals surface area contributed by atoms with Crippen molar-refractivity contribution in [3.8, 4) is 0 Å². The fourth-order valence-corrected chi connectivity index (χ4v) is 2.79. The highest BCUT2D eigenvalue weighted by atomic mass is 35.5. The van der Waals surface area contributed by atoms with E-state index in [0.717, 1.165) is 18.0 Å². The fourth-order valence-electron chi connectivity index (χ4n) is 2.59. The molecule has 1 aromatic rings. The molecule has 1 aliphatic rings. The van der Waals surface area contributed by atoms with Gasteiger partial charge in [-0.3, -0.25) is 0 Å². The van der Waals surface area contributed by atoms with Crippen LogP contribution >= 0.6 is 11.6 Å². The molecule has 2 atom stereocenters. The van der Waals surface area contributed by atoms with Gasteiger partial charge in [0.05, 0.1) is 10.6 Å². The Morgan fingerprint density at radius 1 is 1.50 bits per heavy atom. The van der Waals surface area contributed by atoms with Crippen LogP contribution in [0.5, 0.6) is 0 Å². The van der Waals surface area contributed by atoms with Crippen LogP contribution in [0, 0.1) is 5.92 Å². The van der Waals surface area contributed by atoms with Crippen molar-refractivity contribution in [1.29, 1.82) is 0 Å². The lowest BCUT2D eigenvalue weighted by atomic mass is 10.1. The third kappa shape index (κ3) is 2.96. The Kier molecular flexibility index (Phi) is 4.12. The average molecular weight is 268 g/mol. The molecule has 2 N–H and O–H groups in total. The lowest BCUT2D eigenvalue weighted by Crippen LogP contribution is -2.15. The van der Waals surface area contributed by atoms with Gasteiger partial charge >= 0.3 is 5.97 Å². The zero-order valence-corrected chi connectivity index (χ0v) is 11.2. The number of carbonyl (C=O) groups is 1. The van der Waals surface area contributed by atoms with Crippen molar-refractivity contribution in [2.24, 2.45) is 5.92 Å². The van der Waals surface area contributed by atoms with E-state index in [1.165, 1.54) is 19.3 Å². The Bertz CT molecular complexity index is 447. The summed E-state index contributed by atoms with van der Waals surface area (Å²) in [5, 5.41) is 12.7. The maximum Gasteiger partial charge on any atom is 0.337 e. The molecular weight excluding hydrogens is 250 g/mol. The zero-order chi connectivity index (χ0) is 13.1. The van der Waals surface area contributed by atoms with E-state index in [1.54, 1.807) is 12.1 Å². The summed E-state index contributed by atoms with van der Waals surface area (Å²) >= 11 is 5.84. The summed E-state index contributed by atoms with van der Waals surface area (Å²) in [7, 11) is 0. The molecule has 0 spiro atoms. The monoisotopic (exact) mass is 267 g/mol. The molecule has 1 fully saturated rings. The van der Waals surface area contributed by atoms with Crippen LogP contribution in [0.4, 0.5) is 5.69 Å². The normalized spacial score (nSPS) is 23.0. The molecule has 4 heteroatoms. The summed E-state index contributed by atoms with van der Waals surface area (Å²) in [6.45, 7) is 2.22. The first kappa shape index (κ1) is 13.2. The van der Waals surface area contributed by atoms with Crippen LogP contribution in [0.15, 0.2) is 18.2 Å². The van der Waals surface area contributed by atoms with E-state index >= 15 is 0 Å². The number of nitrogens with one attached hydrogen (secondary N) is 1. The molecule has 1 aliphatic carbocycles. The molecule has 1 saturated carbocycles. The van der Waals surface area contributed by atoms with E-state index in [1.807, 2.05) is 6.07 Å². The minimum atomic E-state index is -0.985. The number of carboxylic acid groups (broad SMARTS) is 1. The highest BCUT2D eigenvalue weighted by molar-refractivity contribution is 6.33. The van der Waals surface area contributed by atoms with Crippen molar-refractivity contribution in [2.45, 2.75) is 38.6 Å². The fraction of sp³-hybridized carbons (Fsp3) is 0.500. The van der Waals surface area contributed by atoms with Gasteiger partial charge < -0.3 is 10.4 Å². The number of halogens is 1. The van der Waals surface area contributed by atoms with Gasteiger partial charge in [0.15, 0.2) is 0 Å². The molecule has 0 heterocycles. The highest BCUT2D eigenvalue weighted by Crippen LogP contribution is 2.31. The topological polar surface area (TPSA) is 49.3 Å². The second-order valence-electron chi connectivity index (χ2n) is 4.93. The predicted octanol–water partition coefficient (Wildman–Crippen LogP) is 4.03. The largest absolute Gasteiger partial charge is 0.478 e.